The number of nitrogens with zero attached hydrogens (tertiary/aromatic N) is 4. The maximum atomic E-state index is 5.36. The lowest BCUT2D eigenvalue weighted by molar-refractivity contribution is 0.533. The van der Waals surface area contributed by atoms with Gasteiger partial charge >= 0.3 is 0 Å². The molecule has 18 heavy (non-hydrogen) atoms. The van der Waals surface area contributed by atoms with E-state index in [2.05, 4.69) is 10.1 Å². The monoisotopic (exact) mass is 238 g/mol. The van der Waals surface area contributed by atoms with Crippen LogP contribution in [0.15, 0.2) is 57.2 Å². The molecule has 0 unspecified atom stereocenters. The Balaban J connectivity index is 1.80. The fraction of sp³-hybridized carbons (Fsp3) is 0.0769. The Morgan fingerprint density at radius 2 is 2.06 bits per heavy atom. The van der Waals surface area contributed by atoms with Crippen LogP contribution in [0.2, 0.25) is 0 Å². The fourth-order valence-corrected chi connectivity index (χ4v) is 2.16. The third kappa shape index (κ3) is 1.27. The van der Waals surface area contributed by atoms with Crippen LogP contribution in [0.25, 0.3) is 0 Å². The summed E-state index contributed by atoms with van der Waals surface area (Å²) >= 11 is 0. The lowest BCUT2D eigenvalue weighted by atomic mass is 10.1. The predicted octanol–water partition coefficient (Wildman–Crippen LogP) is 2.39. The molecule has 5 heteroatoms. The Morgan fingerprint density at radius 1 is 1.11 bits per heavy atom. The lowest BCUT2D eigenvalue weighted by Crippen LogP contribution is -2.31. The topological polar surface area (TPSA) is 44.3 Å². The highest BCUT2D eigenvalue weighted by Gasteiger charge is 2.28. The van der Waals surface area contributed by atoms with Crippen molar-refractivity contribution in [2.24, 2.45) is 10.1 Å². The highest BCUT2D eigenvalue weighted by molar-refractivity contribution is 6.11. The highest BCUT2D eigenvalue weighted by atomic mass is 16.3. The normalized spacial score (nSPS) is 16.6. The first kappa shape index (κ1) is 9.47. The molecule has 3 heterocycles. The molecule has 4 rings (SSSR count). The van der Waals surface area contributed by atoms with Gasteiger partial charge < -0.3 is 4.42 Å². The summed E-state index contributed by atoms with van der Waals surface area (Å²) in [7, 11) is 0. The van der Waals surface area contributed by atoms with E-state index < -0.39 is 0 Å². The Kier molecular flexibility index (Phi) is 1.82. The third-order valence-corrected chi connectivity index (χ3v) is 3.02. The summed E-state index contributed by atoms with van der Waals surface area (Å²) in [6.45, 7) is 0.626. The second-order valence-electron chi connectivity index (χ2n) is 4.15. The number of hydrazone groups is 1. The molecule has 0 saturated carbocycles. The van der Waals surface area contributed by atoms with Crippen molar-refractivity contribution < 1.29 is 4.42 Å². The van der Waals surface area contributed by atoms with Gasteiger partial charge in [0.1, 0.15) is 6.67 Å². The molecule has 5 nitrogen and oxygen atoms in total. The van der Waals surface area contributed by atoms with Gasteiger partial charge in [-0.25, -0.2) is 10.0 Å². The Bertz CT molecular complexity index is 645. The molecule has 0 N–H and O–H groups in total. The molecular formula is C13H10N4O. The van der Waals surface area contributed by atoms with Gasteiger partial charge in [0, 0.05) is 11.6 Å². The van der Waals surface area contributed by atoms with Crippen molar-refractivity contribution in [3.63, 3.8) is 0 Å². The molecule has 0 saturated heterocycles. The summed E-state index contributed by atoms with van der Waals surface area (Å²) in [4.78, 5) is 6.42. The van der Waals surface area contributed by atoms with E-state index in [0.29, 0.717) is 6.67 Å². The van der Waals surface area contributed by atoms with Crippen LogP contribution in [0.5, 0.6) is 0 Å². The molecule has 2 aromatic rings. The average molecular weight is 238 g/mol. The van der Waals surface area contributed by atoms with Crippen LogP contribution in [0.1, 0.15) is 5.56 Å². The van der Waals surface area contributed by atoms with E-state index in [0.717, 1.165) is 23.0 Å². The number of rotatable bonds is 1. The molecule has 2 aliphatic rings. The van der Waals surface area contributed by atoms with Gasteiger partial charge in [-0.15, -0.1) is 5.10 Å². The van der Waals surface area contributed by atoms with Gasteiger partial charge in [0.2, 0.25) is 5.88 Å². The molecule has 0 radical (unpaired) electrons. The van der Waals surface area contributed by atoms with Crippen molar-refractivity contribution in [3.05, 3.63) is 48.2 Å². The van der Waals surface area contributed by atoms with Crippen LogP contribution in [-0.2, 0) is 0 Å². The predicted molar refractivity (Wildman–Crippen MR) is 69.0 cm³/mol. The second-order valence-corrected chi connectivity index (χ2v) is 4.15. The zero-order valence-corrected chi connectivity index (χ0v) is 9.52. The van der Waals surface area contributed by atoms with Gasteiger partial charge in [-0.2, -0.15) is 0 Å². The second kappa shape index (κ2) is 3.46. The van der Waals surface area contributed by atoms with Crippen LogP contribution >= 0.6 is 0 Å². The molecule has 0 amide bonds. The van der Waals surface area contributed by atoms with E-state index in [9.17, 15) is 0 Å². The number of hydrogen-bond donors (Lipinski definition) is 0. The van der Waals surface area contributed by atoms with Crippen molar-refractivity contribution in [3.8, 4) is 0 Å². The number of benzene rings is 1. The van der Waals surface area contributed by atoms with Gasteiger partial charge in [0.25, 0.3) is 0 Å². The largest absolute Gasteiger partial charge is 0.447 e. The number of furan rings is 1. The summed E-state index contributed by atoms with van der Waals surface area (Å²) in [5.74, 6) is 1.65. The Hall–Kier alpha value is -2.56. The van der Waals surface area contributed by atoms with Gasteiger partial charge in [0.05, 0.1) is 18.3 Å². The van der Waals surface area contributed by atoms with Gasteiger partial charge in [-0.1, -0.05) is 12.1 Å². The van der Waals surface area contributed by atoms with Gasteiger partial charge in [-0.3, -0.25) is 4.90 Å². The number of para-hydroxylation sites is 1. The molecule has 2 aliphatic heterocycles. The summed E-state index contributed by atoms with van der Waals surface area (Å²) < 4.78 is 5.36. The summed E-state index contributed by atoms with van der Waals surface area (Å²) in [5, 5.41) is 6.41. The van der Waals surface area contributed by atoms with Crippen molar-refractivity contribution in [2.75, 3.05) is 11.7 Å². The first-order valence-corrected chi connectivity index (χ1v) is 5.72. The van der Waals surface area contributed by atoms with E-state index in [-0.39, 0.29) is 0 Å². The number of aliphatic imine (C=N–C) groups is 1. The zero-order chi connectivity index (χ0) is 11.9. The van der Waals surface area contributed by atoms with Gasteiger partial charge in [0.15, 0.2) is 5.84 Å². The summed E-state index contributed by atoms with van der Waals surface area (Å²) in [6, 6.07) is 11.7. The number of anilines is 1. The van der Waals surface area contributed by atoms with Crippen molar-refractivity contribution in [2.45, 2.75) is 0 Å². The number of hydrogen-bond acceptors (Lipinski definition) is 5. The lowest BCUT2D eigenvalue weighted by Gasteiger charge is -2.19. The molecule has 0 aliphatic carbocycles. The van der Waals surface area contributed by atoms with Gasteiger partial charge in [-0.05, 0) is 18.2 Å². The SMILES string of the molecule is C1=Nc2ccccc2C2=NN(c3ccco3)CN12. The van der Waals surface area contributed by atoms with Crippen molar-refractivity contribution in [1.29, 1.82) is 0 Å². The van der Waals surface area contributed by atoms with Crippen molar-refractivity contribution >= 4 is 23.7 Å². The quantitative estimate of drug-likeness (QED) is 0.766. The summed E-state index contributed by atoms with van der Waals surface area (Å²) in [5.41, 5.74) is 2.00. The highest BCUT2D eigenvalue weighted by Crippen LogP contribution is 2.29. The smallest absolute Gasteiger partial charge is 0.217 e. The Morgan fingerprint density at radius 3 is 2.94 bits per heavy atom. The van der Waals surface area contributed by atoms with Crippen LogP contribution in [0, 0.1) is 0 Å². The number of amidine groups is 1. The van der Waals surface area contributed by atoms with Crippen molar-refractivity contribution in [1.82, 2.24) is 4.90 Å². The van der Waals surface area contributed by atoms with Crippen LogP contribution in [0.3, 0.4) is 0 Å². The van der Waals surface area contributed by atoms with Crippen LogP contribution in [-0.4, -0.2) is 23.7 Å². The maximum absolute atomic E-state index is 5.36. The molecule has 0 bridgehead atoms. The van der Waals surface area contributed by atoms with Crippen LogP contribution in [0.4, 0.5) is 11.6 Å². The van der Waals surface area contributed by atoms with Crippen LogP contribution < -0.4 is 5.01 Å². The molecule has 0 fully saturated rings. The number of fused-ring (bicyclic) bond motifs is 3. The molecular weight excluding hydrogens is 228 g/mol. The molecule has 0 atom stereocenters. The van der Waals surface area contributed by atoms with E-state index >= 15 is 0 Å². The van der Waals surface area contributed by atoms with E-state index in [1.54, 1.807) is 6.26 Å². The van der Waals surface area contributed by atoms with E-state index in [1.165, 1.54) is 0 Å². The first-order chi connectivity index (χ1) is 8.92. The Labute approximate surface area is 104 Å². The minimum absolute atomic E-state index is 0.626. The standard InChI is InChI=1S/C13H10N4O/c1-2-5-11-10(4-1)13-15-17(9-16(13)8-14-11)12-6-3-7-18-12/h1-8H,9H2. The molecule has 1 aromatic heterocycles. The van der Waals surface area contributed by atoms with E-state index in [4.69, 9.17) is 4.42 Å². The minimum Gasteiger partial charge on any atom is -0.447 e. The maximum Gasteiger partial charge on any atom is 0.217 e. The molecule has 0 spiro atoms. The zero-order valence-electron chi connectivity index (χ0n) is 9.52. The third-order valence-electron chi connectivity index (χ3n) is 3.02. The fourth-order valence-electron chi connectivity index (χ4n) is 2.16. The summed E-state index contributed by atoms with van der Waals surface area (Å²) in [6.07, 6.45) is 3.46. The minimum atomic E-state index is 0.626. The first-order valence-electron chi connectivity index (χ1n) is 5.72. The molecule has 1 aromatic carbocycles. The molecule has 88 valence electrons. The average Bonchev–Trinajstić information content (AvgIpc) is 3.07. The van der Waals surface area contributed by atoms with E-state index in [1.807, 2.05) is 52.6 Å².